The van der Waals surface area contributed by atoms with E-state index in [1.54, 1.807) is 31.4 Å². The molecule has 6 nitrogen and oxygen atoms in total. The van der Waals surface area contributed by atoms with E-state index in [1.807, 2.05) is 38.1 Å². The minimum Gasteiger partial charge on any atom is -0.497 e. The Bertz CT molecular complexity index is 893. The van der Waals surface area contributed by atoms with Crippen LogP contribution in [0, 0.1) is 6.92 Å². The van der Waals surface area contributed by atoms with Gasteiger partial charge in [0, 0.05) is 13.0 Å². The number of rotatable bonds is 10. The van der Waals surface area contributed by atoms with Crippen LogP contribution in [0.4, 0.5) is 5.69 Å². The molecular formula is C22H30N2O4S. The smallest absolute Gasteiger partial charge is 0.232 e. The summed E-state index contributed by atoms with van der Waals surface area (Å²) in [4.78, 5) is 12.4. The minimum atomic E-state index is -3.45. The number of nitrogens with zero attached hydrogens (tertiary/aromatic N) is 1. The summed E-state index contributed by atoms with van der Waals surface area (Å²) >= 11 is 0. The number of ether oxygens (including phenoxy) is 1. The number of carbonyl (C=O) groups is 1. The molecule has 0 spiro atoms. The average Bonchev–Trinajstić information content (AvgIpc) is 2.69. The predicted molar refractivity (Wildman–Crippen MR) is 117 cm³/mol. The lowest BCUT2D eigenvalue weighted by Gasteiger charge is -2.23. The molecule has 1 amide bonds. The predicted octanol–water partition coefficient (Wildman–Crippen LogP) is 3.82. The van der Waals surface area contributed by atoms with E-state index in [0.717, 1.165) is 12.0 Å². The molecule has 0 aromatic heterocycles. The van der Waals surface area contributed by atoms with Gasteiger partial charge in [-0.2, -0.15) is 0 Å². The van der Waals surface area contributed by atoms with Crippen LogP contribution in [0.3, 0.4) is 0 Å². The van der Waals surface area contributed by atoms with Crippen LogP contribution in [0.15, 0.2) is 48.5 Å². The Morgan fingerprint density at radius 2 is 1.72 bits per heavy atom. The van der Waals surface area contributed by atoms with E-state index in [1.165, 1.54) is 16.1 Å². The lowest BCUT2D eigenvalue weighted by atomic mass is 10.0. The highest BCUT2D eigenvalue weighted by Gasteiger charge is 2.18. The maximum Gasteiger partial charge on any atom is 0.232 e. The zero-order chi connectivity index (χ0) is 21.4. The van der Waals surface area contributed by atoms with Crippen molar-refractivity contribution in [3.8, 4) is 5.75 Å². The van der Waals surface area contributed by atoms with Crippen molar-refractivity contribution in [3.05, 3.63) is 59.7 Å². The molecule has 7 heteroatoms. The molecule has 2 aromatic carbocycles. The third-order valence-electron chi connectivity index (χ3n) is 4.75. The van der Waals surface area contributed by atoms with Crippen LogP contribution in [0.25, 0.3) is 0 Å². The Balaban J connectivity index is 1.95. The van der Waals surface area contributed by atoms with Gasteiger partial charge in [0.15, 0.2) is 0 Å². The summed E-state index contributed by atoms with van der Waals surface area (Å²) in [7, 11) is -1.89. The first-order valence-electron chi connectivity index (χ1n) is 9.72. The van der Waals surface area contributed by atoms with Gasteiger partial charge in [-0.3, -0.25) is 9.10 Å². The molecule has 2 aromatic rings. The van der Waals surface area contributed by atoms with Crippen LogP contribution in [0.5, 0.6) is 5.75 Å². The fraction of sp³-hybridized carbons (Fsp3) is 0.409. The molecule has 0 saturated carbocycles. The molecule has 1 atom stereocenters. The van der Waals surface area contributed by atoms with Gasteiger partial charge in [-0.05, 0) is 49.6 Å². The zero-order valence-electron chi connectivity index (χ0n) is 17.5. The van der Waals surface area contributed by atoms with Crippen molar-refractivity contribution in [1.82, 2.24) is 5.32 Å². The van der Waals surface area contributed by atoms with Crippen LogP contribution < -0.4 is 14.4 Å². The maximum atomic E-state index is 12.4. The number of anilines is 1. The lowest BCUT2D eigenvalue weighted by molar-refractivity contribution is -0.121. The summed E-state index contributed by atoms with van der Waals surface area (Å²) in [6.45, 7) is 4.29. The van der Waals surface area contributed by atoms with E-state index in [2.05, 4.69) is 5.32 Å². The summed E-state index contributed by atoms with van der Waals surface area (Å²) in [6, 6.07) is 14.9. The monoisotopic (exact) mass is 418 g/mol. The number of amides is 1. The van der Waals surface area contributed by atoms with Gasteiger partial charge in [0.05, 0.1) is 25.1 Å². The molecule has 0 bridgehead atoms. The van der Waals surface area contributed by atoms with Gasteiger partial charge in [-0.25, -0.2) is 8.42 Å². The molecule has 0 unspecified atom stereocenters. The van der Waals surface area contributed by atoms with Crippen molar-refractivity contribution in [2.24, 2.45) is 0 Å². The Kier molecular flexibility index (Phi) is 8.08. The number of aryl methyl sites for hydroxylation is 1. The summed E-state index contributed by atoms with van der Waals surface area (Å²) in [5, 5.41) is 3.05. The summed E-state index contributed by atoms with van der Waals surface area (Å²) in [6.07, 6.45) is 2.64. The number of methoxy groups -OCH3 is 1. The first-order chi connectivity index (χ1) is 13.7. The molecule has 0 aliphatic heterocycles. The molecular weight excluding hydrogens is 388 g/mol. The Morgan fingerprint density at radius 1 is 1.10 bits per heavy atom. The highest BCUT2D eigenvalue weighted by Crippen LogP contribution is 2.22. The number of nitrogens with one attached hydrogen (secondary N) is 1. The van der Waals surface area contributed by atoms with E-state index in [0.29, 0.717) is 17.9 Å². The second-order valence-corrected chi connectivity index (χ2v) is 8.98. The first-order valence-corrected chi connectivity index (χ1v) is 11.6. The minimum absolute atomic E-state index is 0.0456. The van der Waals surface area contributed by atoms with Crippen molar-refractivity contribution in [2.75, 3.05) is 24.2 Å². The fourth-order valence-electron chi connectivity index (χ4n) is 3.10. The second-order valence-electron chi connectivity index (χ2n) is 7.08. The fourth-order valence-corrected chi connectivity index (χ4v) is 4.07. The van der Waals surface area contributed by atoms with Crippen LogP contribution in [-0.4, -0.2) is 34.2 Å². The van der Waals surface area contributed by atoms with Crippen molar-refractivity contribution < 1.29 is 17.9 Å². The second kappa shape index (κ2) is 10.3. The van der Waals surface area contributed by atoms with Gasteiger partial charge in [0.25, 0.3) is 0 Å². The van der Waals surface area contributed by atoms with Crippen molar-refractivity contribution >= 4 is 21.6 Å². The van der Waals surface area contributed by atoms with Crippen LogP contribution in [-0.2, 0) is 14.8 Å². The van der Waals surface area contributed by atoms with Gasteiger partial charge >= 0.3 is 0 Å². The summed E-state index contributed by atoms with van der Waals surface area (Å²) < 4.78 is 30.8. The maximum absolute atomic E-state index is 12.4. The summed E-state index contributed by atoms with van der Waals surface area (Å²) in [5.74, 6) is 0.573. The molecule has 158 valence electrons. The van der Waals surface area contributed by atoms with Crippen molar-refractivity contribution in [1.29, 1.82) is 0 Å². The van der Waals surface area contributed by atoms with E-state index in [9.17, 15) is 13.2 Å². The molecule has 2 rings (SSSR count). The number of sulfonamides is 1. The Morgan fingerprint density at radius 3 is 2.24 bits per heavy atom. The highest BCUT2D eigenvalue weighted by atomic mass is 32.2. The average molecular weight is 419 g/mol. The van der Waals surface area contributed by atoms with E-state index >= 15 is 0 Å². The Labute approximate surface area is 173 Å². The highest BCUT2D eigenvalue weighted by molar-refractivity contribution is 7.92. The standard InChI is InChI=1S/C22H30N2O4S/c1-5-21(18-10-8-17(2)9-11-18)23-22(25)7-6-16-24(29(4,26)27)19-12-14-20(28-3)15-13-19/h8-15,21H,5-7,16H2,1-4H3,(H,23,25)/t21-/m0/s1. The zero-order valence-corrected chi connectivity index (χ0v) is 18.3. The molecule has 0 saturated heterocycles. The van der Waals surface area contributed by atoms with Crippen LogP contribution >= 0.6 is 0 Å². The normalized spacial score (nSPS) is 12.3. The number of benzene rings is 2. The molecule has 0 aliphatic carbocycles. The van der Waals surface area contributed by atoms with E-state index in [4.69, 9.17) is 4.74 Å². The quantitative estimate of drug-likeness (QED) is 0.636. The Hall–Kier alpha value is -2.54. The van der Waals surface area contributed by atoms with Gasteiger partial charge in [-0.15, -0.1) is 0 Å². The van der Waals surface area contributed by atoms with Crippen molar-refractivity contribution in [2.45, 2.75) is 39.2 Å². The SMILES string of the molecule is CC[C@H](NC(=O)CCCN(c1ccc(OC)cc1)S(C)(=O)=O)c1ccc(C)cc1. The lowest BCUT2D eigenvalue weighted by Crippen LogP contribution is -2.33. The van der Waals surface area contributed by atoms with Crippen LogP contribution in [0.1, 0.15) is 43.4 Å². The molecule has 0 heterocycles. The molecule has 0 fully saturated rings. The van der Waals surface area contributed by atoms with E-state index < -0.39 is 10.0 Å². The topological polar surface area (TPSA) is 75.7 Å². The molecule has 0 aliphatic rings. The number of carbonyl (C=O) groups excluding carboxylic acids is 1. The van der Waals surface area contributed by atoms with E-state index in [-0.39, 0.29) is 24.9 Å². The van der Waals surface area contributed by atoms with Crippen LogP contribution in [0.2, 0.25) is 0 Å². The molecule has 0 radical (unpaired) electrons. The van der Waals surface area contributed by atoms with Crippen molar-refractivity contribution in [3.63, 3.8) is 0 Å². The van der Waals surface area contributed by atoms with Gasteiger partial charge in [0.2, 0.25) is 15.9 Å². The first kappa shape index (κ1) is 22.7. The summed E-state index contributed by atoms with van der Waals surface area (Å²) in [5.41, 5.74) is 2.80. The number of hydrogen-bond acceptors (Lipinski definition) is 4. The van der Waals surface area contributed by atoms with Gasteiger partial charge in [-0.1, -0.05) is 36.8 Å². The molecule has 1 N–H and O–H groups in total. The van der Waals surface area contributed by atoms with Gasteiger partial charge in [0.1, 0.15) is 5.75 Å². The largest absolute Gasteiger partial charge is 0.497 e. The number of hydrogen-bond donors (Lipinski definition) is 1. The third-order valence-corrected chi connectivity index (χ3v) is 5.94. The van der Waals surface area contributed by atoms with Gasteiger partial charge < -0.3 is 10.1 Å². The molecule has 29 heavy (non-hydrogen) atoms. The third kappa shape index (κ3) is 6.78.